The maximum Gasteiger partial charge on any atom is 0.122 e. The van der Waals surface area contributed by atoms with Crippen molar-refractivity contribution in [1.82, 2.24) is 15.1 Å². The summed E-state index contributed by atoms with van der Waals surface area (Å²) in [4.78, 5) is 0. The van der Waals surface area contributed by atoms with Crippen molar-refractivity contribution < 1.29 is 4.42 Å². The van der Waals surface area contributed by atoms with Crippen molar-refractivity contribution in [2.45, 2.75) is 59.2 Å². The van der Waals surface area contributed by atoms with Gasteiger partial charge in [0.2, 0.25) is 0 Å². The van der Waals surface area contributed by atoms with E-state index in [2.05, 4.69) is 41.9 Å². The largest absolute Gasteiger partial charge is 0.468 e. The lowest BCUT2D eigenvalue weighted by Crippen LogP contribution is -2.16. The molecule has 0 amide bonds. The minimum absolute atomic E-state index is 0.702. The van der Waals surface area contributed by atoms with Crippen LogP contribution < -0.4 is 5.32 Å². The number of hydrogen-bond donors (Lipinski definition) is 1. The molecule has 2 aromatic heterocycles. The van der Waals surface area contributed by atoms with E-state index in [0.717, 1.165) is 31.0 Å². The molecule has 0 unspecified atom stereocenters. The van der Waals surface area contributed by atoms with Crippen LogP contribution in [0, 0.1) is 13.8 Å². The molecule has 0 bridgehead atoms. The van der Waals surface area contributed by atoms with Crippen molar-refractivity contribution in [3.05, 3.63) is 40.6 Å². The number of hydrogen-bond acceptors (Lipinski definition) is 3. The smallest absolute Gasteiger partial charge is 0.122 e. The zero-order valence-electron chi connectivity index (χ0n) is 12.6. The summed E-state index contributed by atoms with van der Waals surface area (Å²) in [5.41, 5.74) is 5.01. The summed E-state index contributed by atoms with van der Waals surface area (Å²) in [6, 6.07) is 2.76. The van der Waals surface area contributed by atoms with Gasteiger partial charge in [-0.25, -0.2) is 0 Å². The number of nitrogens with one attached hydrogen (secondary N) is 1. The van der Waals surface area contributed by atoms with Gasteiger partial charge in [-0.05, 0) is 44.7 Å². The van der Waals surface area contributed by atoms with Crippen molar-refractivity contribution in [3.63, 3.8) is 0 Å². The molecule has 2 heterocycles. The van der Waals surface area contributed by atoms with Crippen molar-refractivity contribution >= 4 is 0 Å². The molecule has 0 spiro atoms. The van der Waals surface area contributed by atoms with E-state index in [0.29, 0.717) is 6.04 Å². The highest BCUT2D eigenvalue weighted by atomic mass is 16.3. The number of furan rings is 1. The fourth-order valence-corrected chi connectivity index (χ4v) is 2.75. The van der Waals surface area contributed by atoms with Crippen molar-refractivity contribution in [2.75, 3.05) is 0 Å². The predicted molar refractivity (Wildman–Crippen MR) is 78.8 cm³/mol. The second kappa shape index (κ2) is 5.44. The molecule has 20 heavy (non-hydrogen) atoms. The first kappa shape index (κ1) is 13.4. The number of aromatic nitrogens is 2. The normalized spacial score (nSPS) is 14.9. The van der Waals surface area contributed by atoms with Crippen LogP contribution >= 0.6 is 0 Å². The Morgan fingerprint density at radius 1 is 1.40 bits per heavy atom. The molecular formula is C16H23N3O. The third-order valence-electron chi connectivity index (χ3n) is 4.17. The first-order chi connectivity index (χ1) is 9.69. The molecule has 1 aliphatic rings. The standard InChI is InChI=1S/C16H23N3O/c1-4-15-11(2)18-19(12(15)3)10-13-7-8-20-16(13)9-17-14-5-6-14/h7-8,14,17H,4-6,9-10H2,1-3H3. The molecule has 1 aliphatic carbocycles. The Balaban J connectivity index is 1.75. The molecule has 0 atom stereocenters. The molecule has 0 saturated heterocycles. The van der Waals surface area contributed by atoms with Crippen LogP contribution in [-0.2, 0) is 19.5 Å². The van der Waals surface area contributed by atoms with Crippen molar-refractivity contribution in [1.29, 1.82) is 0 Å². The highest BCUT2D eigenvalue weighted by Gasteiger charge is 2.21. The van der Waals surface area contributed by atoms with Crippen LogP contribution in [-0.4, -0.2) is 15.8 Å². The van der Waals surface area contributed by atoms with Crippen LogP contribution in [0.4, 0.5) is 0 Å². The molecule has 4 nitrogen and oxygen atoms in total. The summed E-state index contributed by atoms with van der Waals surface area (Å²) in [6.45, 7) is 8.05. The van der Waals surface area contributed by atoms with Crippen LogP contribution in [0.15, 0.2) is 16.7 Å². The molecule has 108 valence electrons. The fraction of sp³-hybridized carbons (Fsp3) is 0.562. The van der Waals surface area contributed by atoms with E-state index in [4.69, 9.17) is 4.42 Å². The molecule has 4 heteroatoms. The molecule has 1 saturated carbocycles. The topological polar surface area (TPSA) is 43.0 Å². The summed E-state index contributed by atoms with van der Waals surface area (Å²) in [5, 5.41) is 8.16. The van der Waals surface area contributed by atoms with Gasteiger partial charge in [-0.3, -0.25) is 4.68 Å². The number of nitrogens with zero attached hydrogens (tertiary/aromatic N) is 2. The van der Waals surface area contributed by atoms with Gasteiger partial charge in [0.1, 0.15) is 5.76 Å². The Hall–Kier alpha value is -1.55. The number of aryl methyl sites for hydroxylation is 1. The van der Waals surface area contributed by atoms with E-state index in [1.807, 2.05) is 0 Å². The second-order valence-corrected chi connectivity index (χ2v) is 5.68. The van der Waals surface area contributed by atoms with Gasteiger partial charge in [0.15, 0.2) is 0 Å². The van der Waals surface area contributed by atoms with E-state index in [1.165, 1.54) is 29.7 Å². The Morgan fingerprint density at radius 2 is 2.20 bits per heavy atom. The summed E-state index contributed by atoms with van der Waals surface area (Å²) in [7, 11) is 0. The Bertz CT molecular complexity index is 593. The quantitative estimate of drug-likeness (QED) is 0.880. The van der Waals surface area contributed by atoms with Crippen LogP contribution in [0.5, 0.6) is 0 Å². The van der Waals surface area contributed by atoms with Gasteiger partial charge in [-0.15, -0.1) is 0 Å². The van der Waals surface area contributed by atoms with Gasteiger partial charge in [0.25, 0.3) is 0 Å². The minimum atomic E-state index is 0.702. The molecule has 0 radical (unpaired) electrons. The van der Waals surface area contributed by atoms with Gasteiger partial charge >= 0.3 is 0 Å². The summed E-state index contributed by atoms with van der Waals surface area (Å²) in [5.74, 6) is 1.04. The monoisotopic (exact) mass is 273 g/mol. The third kappa shape index (κ3) is 2.66. The van der Waals surface area contributed by atoms with Crippen LogP contribution in [0.1, 0.15) is 48.0 Å². The maximum absolute atomic E-state index is 5.61. The lowest BCUT2D eigenvalue weighted by Gasteiger charge is -2.06. The summed E-state index contributed by atoms with van der Waals surface area (Å²) < 4.78 is 7.71. The lowest BCUT2D eigenvalue weighted by atomic mass is 10.1. The molecule has 2 aromatic rings. The first-order valence-electron chi connectivity index (χ1n) is 7.50. The summed E-state index contributed by atoms with van der Waals surface area (Å²) in [6.07, 6.45) is 5.42. The van der Waals surface area contributed by atoms with Crippen LogP contribution in [0.25, 0.3) is 0 Å². The number of rotatable bonds is 6. The Labute approximate surface area is 120 Å². The molecule has 1 N–H and O–H groups in total. The van der Waals surface area contributed by atoms with E-state index >= 15 is 0 Å². The molecular weight excluding hydrogens is 250 g/mol. The van der Waals surface area contributed by atoms with Gasteiger partial charge in [-0.2, -0.15) is 5.10 Å². The summed E-state index contributed by atoms with van der Waals surface area (Å²) >= 11 is 0. The van der Waals surface area contributed by atoms with Crippen LogP contribution in [0.2, 0.25) is 0 Å². The van der Waals surface area contributed by atoms with E-state index in [1.54, 1.807) is 6.26 Å². The van der Waals surface area contributed by atoms with E-state index < -0.39 is 0 Å². The Morgan fingerprint density at radius 3 is 2.85 bits per heavy atom. The molecule has 0 aliphatic heterocycles. The van der Waals surface area contributed by atoms with Crippen LogP contribution in [0.3, 0.4) is 0 Å². The first-order valence-corrected chi connectivity index (χ1v) is 7.50. The van der Waals surface area contributed by atoms with Gasteiger partial charge < -0.3 is 9.73 Å². The van der Waals surface area contributed by atoms with Gasteiger partial charge in [-0.1, -0.05) is 6.92 Å². The Kier molecular flexibility index (Phi) is 3.66. The van der Waals surface area contributed by atoms with E-state index in [-0.39, 0.29) is 0 Å². The maximum atomic E-state index is 5.61. The fourth-order valence-electron chi connectivity index (χ4n) is 2.75. The average molecular weight is 273 g/mol. The van der Waals surface area contributed by atoms with Gasteiger partial charge in [0, 0.05) is 17.3 Å². The lowest BCUT2D eigenvalue weighted by molar-refractivity contribution is 0.473. The highest BCUT2D eigenvalue weighted by molar-refractivity contribution is 5.26. The second-order valence-electron chi connectivity index (χ2n) is 5.68. The predicted octanol–water partition coefficient (Wildman–Crippen LogP) is 2.96. The van der Waals surface area contributed by atoms with Crippen molar-refractivity contribution in [3.8, 4) is 0 Å². The van der Waals surface area contributed by atoms with Crippen molar-refractivity contribution in [2.24, 2.45) is 0 Å². The minimum Gasteiger partial charge on any atom is -0.468 e. The van der Waals surface area contributed by atoms with E-state index in [9.17, 15) is 0 Å². The SMILES string of the molecule is CCc1c(C)nn(Cc2ccoc2CNC2CC2)c1C. The molecule has 0 aromatic carbocycles. The highest BCUT2D eigenvalue weighted by Crippen LogP contribution is 2.21. The molecule has 1 fully saturated rings. The zero-order chi connectivity index (χ0) is 14.1. The third-order valence-corrected chi connectivity index (χ3v) is 4.17. The average Bonchev–Trinajstić information content (AvgIpc) is 3.09. The zero-order valence-corrected chi connectivity index (χ0v) is 12.6. The van der Waals surface area contributed by atoms with Gasteiger partial charge in [0.05, 0.1) is 25.0 Å². The molecule has 3 rings (SSSR count).